The smallest absolute Gasteiger partial charge is 0.308 e. The molecule has 0 aliphatic carbocycles. The summed E-state index contributed by atoms with van der Waals surface area (Å²) in [6.07, 6.45) is 0.688. The molecule has 0 atom stereocenters. The fraction of sp³-hybridized carbons (Fsp3) is 0.833. The van der Waals surface area contributed by atoms with Crippen molar-refractivity contribution in [1.82, 2.24) is 4.90 Å². The van der Waals surface area contributed by atoms with Gasteiger partial charge in [-0.2, -0.15) is 0 Å². The van der Waals surface area contributed by atoms with Crippen molar-refractivity contribution in [2.45, 2.75) is 34.1 Å². The van der Waals surface area contributed by atoms with Crippen LogP contribution in [0.2, 0.25) is 0 Å². The van der Waals surface area contributed by atoms with Crippen molar-refractivity contribution in [2.75, 3.05) is 20.2 Å². The zero-order chi connectivity index (χ0) is 12.7. The summed E-state index contributed by atoms with van der Waals surface area (Å²) in [5, 5.41) is 0. The first-order valence-corrected chi connectivity index (χ1v) is 5.77. The molecule has 0 N–H and O–H groups in total. The monoisotopic (exact) mass is 229 g/mol. The molecule has 0 saturated carbocycles. The summed E-state index contributed by atoms with van der Waals surface area (Å²) >= 11 is 0. The summed E-state index contributed by atoms with van der Waals surface area (Å²) in [4.78, 5) is 24.3. The lowest BCUT2D eigenvalue weighted by Gasteiger charge is -2.19. The second kappa shape index (κ2) is 7.25. The number of carbonyl (C=O) groups excluding carboxylic acids is 2. The molecule has 0 aliphatic heterocycles. The van der Waals surface area contributed by atoms with Crippen molar-refractivity contribution < 1.29 is 14.3 Å². The van der Waals surface area contributed by atoms with Gasteiger partial charge in [-0.05, 0) is 6.42 Å². The molecule has 0 aliphatic rings. The van der Waals surface area contributed by atoms with Gasteiger partial charge in [0.1, 0.15) is 0 Å². The van der Waals surface area contributed by atoms with Crippen LogP contribution in [0.1, 0.15) is 34.1 Å². The maximum Gasteiger partial charge on any atom is 0.308 e. The van der Waals surface area contributed by atoms with Crippen molar-refractivity contribution in [2.24, 2.45) is 11.8 Å². The first-order valence-electron chi connectivity index (χ1n) is 5.77. The molecule has 0 aromatic heterocycles. The molecule has 94 valence electrons. The number of carbonyl (C=O) groups is 2. The summed E-state index contributed by atoms with van der Waals surface area (Å²) in [7, 11) is 1.77. The number of amides is 1. The molecule has 0 radical (unpaired) electrons. The minimum Gasteiger partial charge on any atom is -0.465 e. The second-order valence-corrected chi connectivity index (χ2v) is 4.59. The van der Waals surface area contributed by atoms with Crippen LogP contribution in [0.5, 0.6) is 0 Å². The summed E-state index contributed by atoms with van der Waals surface area (Å²) in [6, 6.07) is 0. The van der Waals surface area contributed by atoms with Gasteiger partial charge in [0.05, 0.1) is 12.5 Å². The number of ether oxygens (including phenoxy) is 1. The molecule has 4 heteroatoms. The van der Waals surface area contributed by atoms with Crippen LogP contribution in [0, 0.1) is 11.8 Å². The summed E-state index contributed by atoms with van der Waals surface area (Å²) in [6.45, 7) is 8.36. The molecule has 0 bridgehead atoms. The minimum absolute atomic E-state index is 0.0169. The highest BCUT2D eigenvalue weighted by atomic mass is 16.5. The van der Waals surface area contributed by atoms with Gasteiger partial charge in [-0.3, -0.25) is 9.59 Å². The van der Waals surface area contributed by atoms with E-state index >= 15 is 0 Å². The fourth-order valence-electron chi connectivity index (χ4n) is 1.19. The Morgan fingerprint density at radius 2 is 1.69 bits per heavy atom. The van der Waals surface area contributed by atoms with Crippen LogP contribution < -0.4 is 0 Å². The van der Waals surface area contributed by atoms with E-state index in [2.05, 4.69) is 0 Å². The highest BCUT2D eigenvalue weighted by molar-refractivity contribution is 5.77. The van der Waals surface area contributed by atoms with Gasteiger partial charge in [0, 0.05) is 19.5 Å². The molecule has 1 amide bonds. The Bertz CT molecular complexity index is 236. The third-order valence-electron chi connectivity index (χ3n) is 2.22. The minimum atomic E-state index is -0.183. The summed E-state index contributed by atoms with van der Waals surface area (Å²) in [5.41, 5.74) is 0. The molecule has 0 heterocycles. The molecular formula is C12H23NO3. The summed E-state index contributed by atoms with van der Waals surface area (Å²) < 4.78 is 5.02. The van der Waals surface area contributed by atoms with Gasteiger partial charge in [0.2, 0.25) is 5.91 Å². The molecular weight excluding hydrogens is 206 g/mol. The number of esters is 1. The molecule has 0 rings (SSSR count). The van der Waals surface area contributed by atoms with Gasteiger partial charge in [0.25, 0.3) is 0 Å². The largest absolute Gasteiger partial charge is 0.465 e. The summed E-state index contributed by atoms with van der Waals surface area (Å²) in [5.74, 6) is -0.133. The normalized spacial score (nSPS) is 10.7. The Kier molecular flexibility index (Phi) is 6.77. The zero-order valence-electron chi connectivity index (χ0n) is 10.9. The number of nitrogens with zero attached hydrogens (tertiary/aromatic N) is 1. The molecule has 16 heavy (non-hydrogen) atoms. The van der Waals surface area contributed by atoms with Gasteiger partial charge in [-0.15, -0.1) is 0 Å². The molecule has 0 aromatic carbocycles. The van der Waals surface area contributed by atoms with Crippen LogP contribution in [-0.2, 0) is 14.3 Å². The maximum atomic E-state index is 11.5. The molecule has 0 fully saturated rings. The third-order valence-corrected chi connectivity index (χ3v) is 2.22. The van der Waals surface area contributed by atoms with E-state index in [4.69, 9.17) is 4.74 Å². The molecule has 0 saturated heterocycles. The van der Waals surface area contributed by atoms with Gasteiger partial charge < -0.3 is 9.64 Å². The van der Waals surface area contributed by atoms with Crippen LogP contribution in [-0.4, -0.2) is 37.0 Å². The third kappa shape index (κ3) is 5.73. The van der Waals surface area contributed by atoms with Crippen molar-refractivity contribution in [1.29, 1.82) is 0 Å². The number of rotatable bonds is 6. The Morgan fingerprint density at radius 3 is 2.12 bits per heavy atom. The number of hydrogen-bond donors (Lipinski definition) is 0. The molecule has 4 nitrogen and oxygen atoms in total. The molecule has 0 aromatic rings. The highest BCUT2D eigenvalue weighted by Gasteiger charge is 2.12. The van der Waals surface area contributed by atoms with Gasteiger partial charge in [-0.25, -0.2) is 0 Å². The average molecular weight is 229 g/mol. The average Bonchev–Trinajstić information content (AvgIpc) is 2.22. The first kappa shape index (κ1) is 14.9. The Labute approximate surface area is 98.0 Å². The molecule has 0 spiro atoms. The van der Waals surface area contributed by atoms with Crippen molar-refractivity contribution in [3.05, 3.63) is 0 Å². The lowest BCUT2D eigenvalue weighted by molar-refractivity contribution is -0.147. The topological polar surface area (TPSA) is 46.6 Å². The predicted octanol–water partition coefficient (Wildman–Crippen LogP) is 1.69. The number of hydrogen-bond acceptors (Lipinski definition) is 3. The van der Waals surface area contributed by atoms with E-state index in [1.54, 1.807) is 25.8 Å². The maximum absolute atomic E-state index is 11.5. The Balaban J connectivity index is 3.67. The van der Waals surface area contributed by atoms with E-state index in [0.29, 0.717) is 19.6 Å². The van der Waals surface area contributed by atoms with E-state index in [1.165, 1.54) is 0 Å². The SMILES string of the molecule is CC(C)C(=O)OCCCN(C)C(=O)C(C)C. The van der Waals surface area contributed by atoms with Crippen LogP contribution in [0.4, 0.5) is 0 Å². The first-order chi connectivity index (χ1) is 7.36. The van der Waals surface area contributed by atoms with Crippen molar-refractivity contribution in [3.63, 3.8) is 0 Å². The van der Waals surface area contributed by atoms with Gasteiger partial charge >= 0.3 is 5.97 Å². The molecule has 0 unspecified atom stereocenters. The quantitative estimate of drug-likeness (QED) is 0.514. The van der Waals surface area contributed by atoms with Crippen molar-refractivity contribution in [3.8, 4) is 0 Å². The standard InChI is InChI=1S/C12H23NO3/c1-9(2)11(14)13(5)7-6-8-16-12(15)10(3)4/h9-10H,6-8H2,1-5H3. The predicted molar refractivity (Wildman–Crippen MR) is 62.9 cm³/mol. The fourth-order valence-corrected chi connectivity index (χ4v) is 1.19. The highest BCUT2D eigenvalue weighted by Crippen LogP contribution is 2.01. The van der Waals surface area contributed by atoms with Crippen LogP contribution in [0.25, 0.3) is 0 Å². The Hall–Kier alpha value is -1.06. The Morgan fingerprint density at radius 1 is 1.12 bits per heavy atom. The van der Waals surface area contributed by atoms with Gasteiger partial charge in [-0.1, -0.05) is 27.7 Å². The van der Waals surface area contributed by atoms with E-state index in [9.17, 15) is 9.59 Å². The van der Waals surface area contributed by atoms with Crippen molar-refractivity contribution >= 4 is 11.9 Å². The second-order valence-electron chi connectivity index (χ2n) is 4.59. The van der Waals surface area contributed by atoms with Crippen LogP contribution in [0.3, 0.4) is 0 Å². The van der Waals surface area contributed by atoms with Gasteiger partial charge in [0.15, 0.2) is 0 Å². The lowest BCUT2D eigenvalue weighted by atomic mass is 10.2. The van der Waals surface area contributed by atoms with E-state index in [1.807, 2.05) is 13.8 Å². The zero-order valence-corrected chi connectivity index (χ0v) is 10.9. The van der Waals surface area contributed by atoms with E-state index in [-0.39, 0.29) is 23.7 Å². The lowest BCUT2D eigenvalue weighted by Crippen LogP contribution is -2.32. The van der Waals surface area contributed by atoms with E-state index in [0.717, 1.165) is 0 Å². The van der Waals surface area contributed by atoms with E-state index < -0.39 is 0 Å². The van der Waals surface area contributed by atoms with Crippen LogP contribution in [0.15, 0.2) is 0 Å². The van der Waals surface area contributed by atoms with Crippen LogP contribution >= 0.6 is 0 Å².